The van der Waals surface area contributed by atoms with Crippen LogP contribution in [-0.2, 0) is 29.4 Å². The van der Waals surface area contributed by atoms with Crippen LogP contribution in [0.4, 0.5) is 0 Å². The molecule has 30 heavy (non-hydrogen) atoms. The summed E-state index contributed by atoms with van der Waals surface area (Å²) in [6.07, 6.45) is 15.5. The summed E-state index contributed by atoms with van der Waals surface area (Å²) in [5, 5.41) is 0. The fourth-order valence-corrected chi connectivity index (χ4v) is 16.0. The van der Waals surface area contributed by atoms with Gasteiger partial charge < -0.3 is 0 Å². The van der Waals surface area contributed by atoms with Crippen molar-refractivity contribution < 1.29 is 29.4 Å². The molecule has 1 nitrogen and oxygen atoms in total. The predicted molar refractivity (Wildman–Crippen MR) is 123 cm³/mol. The quantitative estimate of drug-likeness (QED) is 0.203. The third kappa shape index (κ3) is 3.44. The number of hydrogen-bond donors (Lipinski definition) is 0. The van der Waals surface area contributed by atoms with Crippen molar-refractivity contribution >= 4 is 6.29 Å². The molecule has 4 saturated carbocycles. The Kier molecular flexibility index (Phi) is 6.93. The molecule has 0 aromatic heterocycles. The second-order valence-corrected chi connectivity index (χ2v) is 19.3. The molecule has 4 aliphatic rings. The molecule has 0 aromatic rings. The molecule has 0 saturated heterocycles. The van der Waals surface area contributed by atoms with Gasteiger partial charge in [-0.25, -0.2) is 0 Å². The van der Waals surface area contributed by atoms with Gasteiger partial charge in [0.1, 0.15) is 0 Å². The molecular weight excluding hydrogens is 553 g/mol. The molecule has 4 fully saturated rings. The molecule has 0 aromatic carbocycles. The van der Waals surface area contributed by atoms with Crippen LogP contribution >= 0.6 is 0 Å². The zero-order valence-corrected chi connectivity index (χ0v) is 26.5. The van der Waals surface area contributed by atoms with Gasteiger partial charge in [-0.1, -0.05) is 13.8 Å². The molecule has 0 spiro atoms. The van der Waals surface area contributed by atoms with E-state index < -0.39 is 24.6 Å². The number of rotatable bonds is 8. The van der Waals surface area contributed by atoms with Gasteiger partial charge in [-0.05, 0) is 5.92 Å². The van der Waals surface area contributed by atoms with Gasteiger partial charge >= 0.3 is 181 Å². The first-order valence-electron chi connectivity index (χ1n) is 13.7. The van der Waals surface area contributed by atoms with E-state index in [0.29, 0.717) is 10.8 Å². The van der Waals surface area contributed by atoms with Gasteiger partial charge in [0.15, 0.2) is 0 Å². The maximum atomic E-state index is 12.8. The van der Waals surface area contributed by atoms with Gasteiger partial charge in [-0.3, -0.25) is 0 Å². The Balaban J connectivity index is 1.54. The normalized spacial score (nSPS) is 48.2. The van der Waals surface area contributed by atoms with Crippen LogP contribution in [0.1, 0.15) is 98.8 Å². The average molecular weight is 601 g/mol. The predicted octanol–water partition coefficient (Wildman–Crippen LogP) is 8.06. The van der Waals surface area contributed by atoms with Crippen LogP contribution in [0.25, 0.3) is 0 Å². The van der Waals surface area contributed by atoms with Crippen LogP contribution in [-0.4, -0.2) is 6.29 Å². The first kappa shape index (κ1) is 23.8. The van der Waals surface area contributed by atoms with Crippen LogP contribution in [0.5, 0.6) is 0 Å². The van der Waals surface area contributed by atoms with E-state index in [0.717, 1.165) is 41.4 Å². The molecule has 9 atom stereocenters. The van der Waals surface area contributed by atoms with E-state index in [9.17, 15) is 4.79 Å². The van der Waals surface area contributed by atoms with Crippen molar-refractivity contribution in [2.75, 3.05) is 0 Å². The Bertz CT molecular complexity index is 630. The molecule has 0 heterocycles. The monoisotopic (exact) mass is 602 g/mol. The topological polar surface area (TPSA) is 17.1 Å². The van der Waals surface area contributed by atoms with Gasteiger partial charge in [0.05, 0.1) is 0 Å². The summed E-state index contributed by atoms with van der Waals surface area (Å²) in [5.74, 6) is 6.01. The number of fused-ring (bicyclic) bond motifs is 5. The van der Waals surface area contributed by atoms with Crippen LogP contribution < -0.4 is 0 Å². The van der Waals surface area contributed by atoms with Crippen LogP contribution in [0.3, 0.4) is 0 Å². The number of carbonyl (C=O) groups excluding carboxylic acids is 1. The second kappa shape index (κ2) is 8.75. The van der Waals surface area contributed by atoms with Crippen LogP contribution in [0.15, 0.2) is 0 Å². The van der Waals surface area contributed by atoms with Gasteiger partial charge in [-0.15, -0.1) is 0 Å². The fourth-order valence-electron chi connectivity index (χ4n) is 10.2. The van der Waals surface area contributed by atoms with E-state index >= 15 is 0 Å². The van der Waals surface area contributed by atoms with E-state index in [1.807, 2.05) is 0 Å². The Hall–Kier alpha value is 0.605. The van der Waals surface area contributed by atoms with Crippen molar-refractivity contribution in [3.8, 4) is 0 Å². The minimum atomic E-state index is -0.704. The maximum absolute atomic E-state index is 12.8. The van der Waals surface area contributed by atoms with E-state index in [1.54, 1.807) is 0 Å². The Morgan fingerprint density at radius 2 is 1.77 bits per heavy atom. The van der Waals surface area contributed by atoms with E-state index in [2.05, 4.69) is 39.1 Å². The standard InChI is InChI=1S/C27H45O.CH3.Hg/c1-18(2)8-7-9-19(3)22-10-11-23-21-16-27(17-28)20(4)12-15-26(27,6)24(21)13-14-25(22,23)5;;/h17-24H,4,7-16H2,1-3,5-6H3;1H3;/t19-,20+,21+,22-,23+,24+,25-,26-,27+;;/m1../s1. The van der Waals surface area contributed by atoms with Gasteiger partial charge in [-0.2, -0.15) is 0 Å². The summed E-state index contributed by atoms with van der Waals surface area (Å²) in [5.41, 5.74) is 0.942. The number of hydrogen-bond acceptors (Lipinski definition) is 1. The summed E-state index contributed by atoms with van der Waals surface area (Å²) < 4.78 is 4.03. The van der Waals surface area contributed by atoms with Crippen molar-refractivity contribution in [2.45, 2.75) is 107 Å². The minimum absolute atomic E-state index is 0.0601. The molecule has 4 rings (SSSR count). The zero-order valence-electron chi connectivity index (χ0n) is 21.0. The Labute approximate surface area is 199 Å². The number of aldehydes is 1. The Morgan fingerprint density at radius 1 is 1.00 bits per heavy atom. The molecule has 4 aliphatic carbocycles. The fraction of sp³-hybridized carbons (Fsp3) is 0.964. The van der Waals surface area contributed by atoms with E-state index in [1.165, 1.54) is 74.4 Å². The molecule has 0 N–H and O–H groups in total. The van der Waals surface area contributed by atoms with E-state index in [4.69, 9.17) is 0 Å². The summed E-state index contributed by atoms with van der Waals surface area (Å²) >= 11 is -0.704. The van der Waals surface area contributed by atoms with Crippen molar-refractivity contribution in [1.82, 2.24) is 0 Å². The van der Waals surface area contributed by atoms with E-state index in [-0.39, 0.29) is 5.41 Å². The van der Waals surface area contributed by atoms with Crippen molar-refractivity contribution in [1.29, 1.82) is 0 Å². The molecule has 0 amide bonds. The first-order chi connectivity index (χ1) is 14.2. The molecule has 0 radical (unpaired) electrons. The SMILES string of the molecule is [CH3][Hg][CH2][C@H]1CC[C@]2(C)[C@H]3CC[C@]4(C)[C@@H]([C@H](C)CCCC(C)C)CC[C@H]4[C@@H]3C[C@]12C=O. The molecule has 2 heteroatoms. The molecule has 0 aliphatic heterocycles. The van der Waals surface area contributed by atoms with Crippen molar-refractivity contribution in [2.24, 2.45) is 57.7 Å². The molecular formula is C28H48HgO. The van der Waals surface area contributed by atoms with Crippen molar-refractivity contribution in [3.05, 3.63) is 0 Å². The first-order valence-corrected chi connectivity index (χ1v) is 23.1. The third-order valence-corrected chi connectivity index (χ3v) is 16.6. The summed E-state index contributed by atoms with van der Waals surface area (Å²) in [6, 6.07) is 0. The van der Waals surface area contributed by atoms with Crippen molar-refractivity contribution in [3.63, 3.8) is 0 Å². The van der Waals surface area contributed by atoms with Crippen LogP contribution in [0, 0.1) is 57.7 Å². The Morgan fingerprint density at radius 3 is 2.43 bits per heavy atom. The molecule has 168 valence electrons. The zero-order chi connectivity index (χ0) is 21.7. The summed E-state index contributed by atoms with van der Waals surface area (Å²) in [4.78, 5) is 12.8. The summed E-state index contributed by atoms with van der Waals surface area (Å²) in [6.45, 7) is 12.6. The van der Waals surface area contributed by atoms with Gasteiger partial charge in [0.25, 0.3) is 0 Å². The van der Waals surface area contributed by atoms with Gasteiger partial charge in [0.2, 0.25) is 0 Å². The molecule has 0 unspecified atom stereocenters. The third-order valence-electron chi connectivity index (χ3n) is 11.7. The second-order valence-electron chi connectivity index (χ2n) is 13.2. The molecule has 0 bridgehead atoms. The van der Waals surface area contributed by atoms with Gasteiger partial charge in [0, 0.05) is 0 Å². The van der Waals surface area contributed by atoms with Crippen LogP contribution in [0.2, 0.25) is 8.36 Å². The number of carbonyl (C=O) groups is 1. The average Bonchev–Trinajstić information content (AvgIpc) is 3.27. The summed E-state index contributed by atoms with van der Waals surface area (Å²) in [7, 11) is 0.